The summed E-state index contributed by atoms with van der Waals surface area (Å²) in [5, 5.41) is 7.86. The third kappa shape index (κ3) is 4.96. The highest BCUT2D eigenvalue weighted by Gasteiger charge is 2.33. The van der Waals surface area contributed by atoms with Crippen molar-refractivity contribution in [2.45, 2.75) is 78.2 Å². The first-order chi connectivity index (χ1) is 10.8. The summed E-state index contributed by atoms with van der Waals surface area (Å²) in [5.41, 5.74) is 0.722. The fourth-order valence-electron chi connectivity index (χ4n) is 2.91. The highest BCUT2D eigenvalue weighted by atomic mass is 16.6. The van der Waals surface area contributed by atoms with E-state index in [-0.39, 0.29) is 18.2 Å². The van der Waals surface area contributed by atoms with Crippen molar-refractivity contribution in [1.82, 2.24) is 20.0 Å². The lowest BCUT2D eigenvalue weighted by molar-refractivity contribution is 0.00699. The summed E-state index contributed by atoms with van der Waals surface area (Å²) in [6, 6.07) is 0.404. The van der Waals surface area contributed by atoms with E-state index in [1.54, 1.807) is 0 Å². The molecule has 2 atom stereocenters. The molecular weight excluding hydrogens is 292 g/mol. The number of hydrogen-bond acceptors (Lipinski definition) is 4. The first-order valence-electron chi connectivity index (χ1n) is 8.54. The molecule has 23 heavy (non-hydrogen) atoms. The van der Waals surface area contributed by atoms with Crippen molar-refractivity contribution in [3.05, 3.63) is 18.0 Å². The number of amides is 1. The third-order valence-corrected chi connectivity index (χ3v) is 4.20. The van der Waals surface area contributed by atoms with E-state index in [2.05, 4.69) is 30.5 Å². The number of aromatic nitrogens is 2. The van der Waals surface area contributed by atoms with Gasteiger partial charge in [0.25, 0.3) is 0 Å². The number of carbonyl (C=O) groups excluding carboxylic acids is 1. The number of ether oxygens (including phenoxy) is 1. The van der Waals surface area contributed by atoms with Gasteiger partial charge in [0.1, 0.15) is 5.60 Å². The van der Waals surface area contributed by atoms with Crippen LogP contribution in [0.3, 0.4) is 0 Å². The molecule has 2 unspecified atom stereocenters. The standard InChI is InChI=1S/C17H30N4O2/c1-6-20-12-14(11-19-20)10-18-15-8-7-9-21(13(15)2)16(22)23-17(3,4)5/h11-13,15,18H,6-10H2,1-5H3. The van der Waals surface area contributed by atoms with Crippen molar-refractivity contribution < 1.29 is 9.53 Å². The molecule has 0 aromatic carbocycles. The monoisotopic (exact) mass is 322 g/mol. The van der Waals surface area contributed by atoms with Crippen LogP contribution in [-0.2, 0) is 17.8 Å². The van der Waals surface area contributed by atoms with E-state index in [4.69, 9.17) is 4.74 Å². The summed E-state index contributed by atoms with van der Waals surface area (Å²) in [4.78, 5) is 14.2. The summed E-state index contributed by atoms with van der Waals surface area (Å²) in [7, 11) is 0. The van der Waals surface area contributed by atoms with Crippen LogP contribution in [0.25, 0.3) is 0 Å². The Hall–Kier alpha value is -1.56. The predicted octanol–water partition coefficient (Wildman–Crippen LogP) is 2.78. The number of carbonyl (C=O) groups is 1. The molecule has 2 heterocycles. The second kappa shape index (κ2) is 7.34. The van der Waals surface area contributed by atoms with Gasteiger partial charge in [0.05, 0.1) is 6.20 Å². The van der Waals surface area contributed by atoms with Gasteiger partial charge in [-0.15, -0.1) is 0 Å². The van der Waals surface area contributed by atoms with Gasteiger partial charge in [-0.2, -0.15) is 5.10 Å². The Kier molecular flexibility index (Phi) is 5.68. The highest BCUT2D eigenvalue weighted by Crippen LogP contribution is 2.21. The first kappa shape index (κ1) is 17.8. The van der Waals surface area contributed by atoms with E-state index in [0.29, 0.717) is 0 Å². The maximum atomic E-state index is 12.3. The Morgan fingerprint density at radius 2 is 2.22 bits per heavy atom. The Morgan fingerprint density at radius 1 is 1.48 bits per heavy atom. The summed E-state index contributed by atoms with van der Waals surface area (Å²) in [6.45, 7) is 12.3. The van der Waals surface area contributed by atoms with Gasteiger partial charge in [0.2, 0.25) is 0 Å². The molecule has 1 amide bonds. The maximum absolute atomic E-state index is 12.3. The minimum absolute atomic E-state index is 0.125. The van der Waals surface area contributed by atoms with Crippen LogP contribution in [0, 0.1) is 0 Å². The molecule has 0 aliphatic carbocycles. The van der Waals surface area contributed by atoms with E-state index in [9.17, 15) is 4.79 Å². The van der Waals surface area contributed by atoms with Gasteiger partial charge in [-0.05, 0) is 47.5 Å². The molecule has 1 aromatic heterocycles. The van der Waals surface area contributed by atoms with Crippen molar-refractivity contribution in [3.63, 3.8) is 0 Å². The van der Waals surface area contributed by atoms with E-state index in [0.717, 1.165) is 32.5 Å². The Morgan fingerprint density at radius 3 is 2.83 bits per heavy atom. The Labute approximate surface area is 139 Å². The highest BCUT2D eigenvalue weighted by molar-refractivity contribution is 5.68. The molecule has 1 aliphatic heterocycles. The number of nitrogens with one attached hydrogen (secondary N) is 1. The van der Waals surface area contributed by atoms with Gasteiger partial charge in [0, 0.05) is 43.5 Å². The fourth-order valence-corrected chi connectivity index (χ4v) is 2.91. The second-order valence-electron chi connectivity index (χ2n) is 7.25. The number of hydrogen-bond donors (Lipinski definition) is 1. The van der Waals surface area contributed by atoms with Gasteiger partial charge < -0.3 is 15.0 Å². The van der Waals surface area contributed by atoms with Crippen LogP contribution in [-0.4, -0.2) is 45.0 Å². The van der Waals surface area contributed by atoms with E-state index in [1.165, 1.54) is 5.56 Å². The predicted molar refractivity (Wildman–Crippen MR) is 90.2 cm³/mol. The molecule has 2 rings (SSSR count). The average molecular weight is 322 g/mol. The molecule has 0 spiro atoms. The summed E-state index contributed by atoms with van der Waals surface area (Å²) in [6.07, 6.45) is 5.81. The second-order valence-corrected chi connectivity index (χ2v) is 7.25. The molecule has 1 aliphatic rings. The number of aryl methyl sites for hydroxylation is 1. The van der Waals surface area contributed by atoms with Crippen LogP contribution in [0.2, 0.25) is 0 Å². The molecule has 0 saturated carbocycles. The Bertz CT molecular complexity index is 521. The van der Waals surface area contributed by atoms with Gasteiger partial charge in [0.15, 0.2) is 0 Å². The topological polar surface area (TPSA) is 59.4 Å². The van der Waals surface area contributed by atoms with Crippen molar-refractivity contribution in [2.24, 2.45) is 0 Å². The van der Waals surface area contributed by atoms with Crippen LogP contribution in [0.1, 0.15) is 53.0 Å². The van der Waals surface area contributed by atoms with Crippen LogP contribution >= 0.6 is 0 Å². The molecule has 1 saturated heterocycles. The summed E-state index contributed by atoms with van der Waals surface area (Å²) >= 11 is 0. The molecule has 6 nitrogen and oxygen atoms in total. The maximum Gasteiger partial charge on any atom is 0.410 e. The van der Waals surface area contributed by atoms with Gasteiger partial charge in [-0.3, -0.25) is 4.68 Å². The van der Waals surface area contributed by atoms with Crippen molar-refractivity contribution >= 4 is 6.09 Å². The smallest absolute Gasteiger partial charge is 0.410 e. The zero-order valence-electron chi connectivity index (χ0n) is 15.0. The molecule has 0 bridgehead atoms. The molecule has 6 heteroatoms. The normalized spacial score (nSPS) is 22.2. The lowest BCUT2D eigenvalue weighted by atomic mass is 9.97. The molecule has 1 N–H and O–H groups in total. The van der Waals surface area contributed by atoms with Crippen molar-refractivity contribution in [3.8, 4) is 0 Å². The summed E-state index contributed by atoms with van der Waals surface area (Å²) < 4.78 is 7.45. The quantitative estimate of drug-likeness (QED) is 0.926. The largest absolute Gasteiger partial charge is 0.444 e. The minimum atomic E-state index is -0.452. The number of nitrogens with zero attached hydrogens (tertiary/aromatic N) is 3. The zero-order valence-corrected chi connectivity index (χ0v) is 15.0. The first-order valence-corrected chi connectivity index (χ1v) is 8.54. The lowest BCUT2D eigenvalue weighted by Gasteiger charge is -2.40. The molecule has 130 valence electrons. The third-order valence-electron chi connectivity index (χ3n) is 4.20. The van der Waals surface area contributed by atoms with Gasteiger partial charge in [-0.1, -0.05) is 0 Å². The van der Waals surface area contributed by atoms with Crippen LogP contribution < -0.4 is 5.32 Å². The Balaban J connectivity index is 1.91. The van der Waals surface area contributed by atoms with Crippen molar-refractivity contribution in [1.29, 1.82) is 0 Å². The van der Waals surface area contributed by atoms with Crippen LogP contribution in [0.5, 0.6) is 0 Å². The molecule has 0 radical (unpaired) electrons. The fraction of sp³-hybridized carbons (Fsp3) is 0.765. The van der Waals surface area contributed by atoms with Crippen molar-refractivity contribution in [2.75, 3.05) is 6.54 Å². The number of piperidine rings is 1. The average Bonchev–Trinajstić information content (AvgIpc) is 2.92. The van der Waals surface area contributed by atoms with E-state index >= 15 is 0 Å². The number of likely N-dealkylation sites (tertiary alicyclic amines) is 1. The number of rotatable bonds is 4. The minimum Gasteiger partial charge on any atom is -0.444 e. The molecule has 1 aromatic rings. The van der Waals surface area contributed by atoms with E-state index < -0.39 is 5.60 Å². The zero-order chi connectivity index (χ0) is 17.0. The lowest BCUT2D eigenvalue weighted by Crippen LogP contribution is -2.55. The van der Waals surface area contributed by atoms with Gasteiger partial charge in [-0.25, -0.2) is 4.79 Å². The summed E-state index contributed by atoms with van der Waals surface area (Å²) in [5.74, 6) is 0. The SMILES string of the molecule is CCn1cc(CNC2CCCN(C(=O)OC(C)(C)C)C2C)cn1. The molecule has 1 fully saturated rings. The van der Waals surface area contributed by atoms with Gasteiger partial charge >= 0.3 is 6.09 Å². The van der Waals surface area contributed by atoms with Crippen LogP contribution in [0.15, 0.2) is 12.4 Å². The van der Waals surface area contributed by atoms with E-state index in [1.807, 2.05) is 36.5 Å². The molecular formula is C17H30N4O2. The van der Waals surface area contributed by atoms with Crippen LogP contribution in [0.4, 0.5) is 4.79 Å².